The quantitative estimate of drug-likeness (QED) is 0.393. The summed E-state index contributed by atoms with van der Waals surface area (Å²) in [6.45, 7) is 2.02. The molecule has 3 aromatic carbocycles. The van der Waals surface area contributed by atoms with Crippen LogP contribution in [0.15, 0.2) is 72.8 Å². The molecule has 40 heavy (non-hydrogen) atoms. The number of fused-ring (bicyclic) bond motifs is 1. The molecule has 5 rings (SSSR count). The van der Waals surface area contributed by atoms with Gasteiger partial charge in [-0.1, -0.05) is 48.5 Å². The number of nitrogens with zero attached hydrogens (tertiary/aromatic N) is 3. The van der Waals surface area contributed by atoms with Crippen LogP contribution in [0.4, 0.5) is 5.69 Å². The maximum Gasteiger partial charge on any atom is 0.263 e. The number of hydrogen-bond acceptors (Lipinski definition) is 6. The molecule has 0 saturated carbocycles. The molecular weight excluding hydrogens is 506 g/mol. The first kappa shape index (κ1) is 27.4. The predicted octanol–water partition coefficient (Wildman–Crippen LogP) is 3.77. The topological polar surface area (TPSA) is 90.4 Å². The van der Waals surface area contributed by atoms with Gasteiger partial charge < -0.3 is 19.6 Å². The molecule has 1 N–H and O–H groups in total. The van der Waals surface area contributed by atoms with E-state index in [1.165, 1.54) is 4.90 Å². The lowest BCUT2D eigenvalue weighted by molar-refractivity contribution is -0.137. The van der Waals surface area contributed by atoms with Gasteiger partial charge in [-0.3, -0.25) is 19.3 Å². The molecular formula is C32H35N3O5. The smallest absolute Gasteiger partial charge is 0.263 e. The molecule has 0 radical (unpaired) electrons. The first-order chi connectivity index (χ1) is 19.5. The molecule has 3 aromatic rings. The second-order valence-corrected chi connectivity index (χ2v) is 10.3. The maximum absolute atomic E-state index is 13.6. The number of piperidine rings is 1. The molecule has 0 spiro atoms. The monoisotopic (exact) mass is 541 g/mol. The summed E-state index contributed by atoms with van der Waals surface area (Å²) < 4.78 is 5.29. The van der Waals surface area contributed by atoms with Crippen molar-refractivity contribution in [1.29, 1.82) is 0 Å². The number of amides is 3. The summed E-state index contributed by atoms with van der Waals surface area (Å²) in [6, 6.07) is 22.8. The Morgan fingerprint density at radius 1 is 1.00 bits per heavy atom. The number of aliphatic hydroxyl groups excluding tert-OH is 1. The number of hydrogen-bond donors (Lipinski definition) is 1. The number of rotatable bonds is 10. The molecule has 1 saturated heterocycles. The van der Waals surface area contributed by atoms with Gasteiger partial charge in [-0.05, 0) is 54.7 Å². The van der Waals surface area contributed by atoms with Gasteiger partial charge in [-0.2, -0.15) is 0 Å². The second kappa shape index (κ2) is 12.3. The number of ether oxygens (including phenoxy) is 1. The van der Waals surface area contributed by atoms with Gasteiger partial charge in [0.05, 0.1) is 36.4 Å². The van der Waals surface area contributed by atoms with Crippen molar-refractivity contribution >= 4 is 23.4 Å². The number of anilines is 1. The highest BCUT2D eigenvalue weighted by atomic mass is 16.5. The van der Waals surface area contributed by atoms with Gasteiger partial charge in [-0.15, -0.1) is 0 Å². The number of imide groups is 1. The van der Waals surface area contributed by atoms with Crippen LogP contribution in [-0.2, 0) is 17.8 Å². The van der Waals surface area contributed by atoms with Crippen molar-refractivity contribution in [3.63, 3.8) is 0 Å². The van der Waals surface area contributed by atoms with E-state index in [-0.39, 0.29) is 43.3 Å². The minimum Gasteiger partial charge on any atom is -0.497 e. The Kier molecular flexibility index (Phi) is 8.45. The Hall–Kier alpha value is -4.17. The van der Waals surface area contributed by atoms with Crippen LogP contribution in [0.25, 0.3) is 0 Å². The van der Waals surface area contributed by atoms with Gasteiger partial charge in [-0.25, -0.2) is 0 Å². The van der Waals surface area contributed by atoms with Crippen LogP contribution in [0.3, 0.4) is 0 Å². The van der Waals surface area contributed by atoms with Crippen molar-refractivity contribution in [2.75, 3.05) is 44.8 Å². The van der Waals surface area contributed by atoms with E-state index in [1.807, 2.05) is 66.7 Å². The van der Waals surface area contributed by atoms with Crippen LogP contribution >= 0.6 is 0 Å². The molecule has 1 atom stereocenters. The van der Waals surface area contributed by atoms with Crippen LogP contribution < -0.4 is 9.64 Å². The molecule has 8 nitrogen and oxygen atoms in total. The summed E-state index contributed by atoms with van der Waals surface area (Å²) in [6.07, 6.45) is 2.06. The Bertz CT molecular complexity index is 1380. The van der Waals surface area contributed by atoms with Gasteiger partial charge >= 0.3 is 0 Å². The Balaban J connectivity index is 1.31. The summed E-state index contributed by atoms with van der Waals surface area (Å²) in [5.41, 5.74) is 3.52. The highest BCUT2D eigenvalue weighted by molar-refractivity contribution is 6.23. The van der Waals surface area contributed by atoms with Crippen LogP contribution in [0.2, 0.25) is 0 Å². The average molecular weight is 542 g/mol. The number of carbonyl (C=O) groups excluding carboxylic acids is 3. The summed E-state index contributed by atoms with van der Waals surface area (Å²) in [4.78, 5) is 45.5. The lowest BCUT2D eigenvalue weighted by Gasteiger charge is -2.36. The predicted molar refractivity (Wildman–Crippen MR) is 152 cm³/mol. The van der Waals surface area contributed by atoms with Gasteiger partial charge in [0.2, 0.25) is 5.91 Å². The van der Waals surface area contributed by atoms with Gasteiger partial charge in [0.25, 0.3) is 11.8 Å². The minimum absolute atomic E-state index is 0.00232. The van der Waals surface area contributed by atoms with E-state index in [0.29, 0.717) is 42.9 Å². The maximum atomic E-state index is 13.6. The number of carbonyl (C=O) groups is 3. The van der Waals surface area contributed by atoms with E-state index in [0.717, 1.165) is 29.7 Å². The third kappa shape index (κ3) is 5.72. The van der Waals surface area contributed by atoms with E-state index < -0.39 is 0 Å². The lowest BCUT2D eigenvalue weighted by atomic mass is 9.94. The number of methoxy groups -OCH3 is 1. The zero-order chi connectivity index (χ0) is 28.1. The molecule has 8 heteroatoms. The minimum atomic E-state index is -0.294. The molecule has 2 aliphatic heterocycles. The first-order valence-corrected chi connectivity index (χ1v) is 13.8. The summed E-state index contributed by atoms with van der Waals surface area (Å²) in [7, 11) is 1.61. The third-order valence-electron chi connectivity index (χ3n) is 7.74. The highest BCUT2D eigenvalue weighted by Crippen LogP contribution is 2.34. The SMILES string of the molecule is COc1cccc(CCN2C(=O)c3cccc(N4CCC[C@@H](C(=O)N(CCO)Cc5ccccc5)C4)c3C2=O)c1. The largest absolute Gasteiger partial charge is 0.497 e. The summed E-state index contributed by atoms with van der Waals surface area (Å²) in [5.74, 6) is -0.115. The van der Waals surface area contributed by atoms with E-state index in [2.05, 4.69) is 4.90 Å². The number of aliphatic hydroxyl groups is 1. The molecule has 2 heterocycles. The van der Waals surface area contributed by atoms with E-state index in [1.54, 1.807) is 18.1 Å². The van der Waals surface area contributed by atoms with Crippen molar-refractivity contribution in [2.24, 2.45) is 5.92 Å². The molecule has 1 fully saturated rings. The third-order valence-corrected chi connectivity index (χ3v) is 7.74. The van der Waals surface area contributed by atoms with Crippen molar-refractivity contribution in [2.45, 2.75) is 25.8 Å². The highest BCUT2D eigenvalue weighted by Gasteiger charge is 2.39. The Morgan fingerprint density at radius 2 is 1.77 bits per heavy atom. The van der Waals surface area contributed by atoms with Crippen LogP contribution in [0.1, 0.15) is 44.7 Å². The van der Waals surface area contributed by atoms with E-state index in [9.17, 15) is 19.5 Å². The molecule has 208 valence electrons. The molecule has 2 aliphatic rings. The van der Waals surface area contributed by atoms with Gasteiger partial charge in [0.1, 0.15) is 5.75 Å². The second-order valence-electron chi connectivity index (χ2n) is 10.3. The Morgan fingerprint density at radius 3 is 2.55 bits per heavy atom. The molecule has 0 aromatic heterocycles. The molecule has 0 bridgehead atoms. The fraction of sp³-hybridized carbons (Fsp3) is 0.344. The summed E-state index contributed by atoms with van der Waals surface area (Å²) >= 11 is 0. The number of benzene rings is 3. The van der Waals surface area contributed by atoms with E-state index >= 15 is 0 Å². The summed E-state index contributed by atoms with van der Waals surface area (Å²) in [5, 5.41) is 9.63. The Labute approximate surface area is 234 Å². The van der Waals surface area contributed by atoms with Gasteiger partial charge in [0.15, 0.2) is 0 Å². The molecule has 3 amide bonds. The molecule has 0 aliphatic carbocycles. The average Bonchev–Trinajstić information content (AvgIpc) is 3.25. The van der Waals surface area contributed by atoms with Gasteiger partial charge in [0, 0.05) is 32.7 Å². The van der Waals surface area contributed by atoms with Crippen molar-refractivity contribution in [3.8, 4) is 5.75 Å². The standard InChI is InChI=1S/C32H35N3O5/c1-40-26-12-5-10-23(20-26)15-17-35-31(38)27-13-6-14-28(29(27)32(35)39)33-16-7-11-25(22-33)30(37)34(18-19-36)21-24-8-3-2-4-9-24/h2-6,8-10,12-14,20,25,36H,7,11,15-19,21-22H2,1H3/t25-/m1/s1. The zero-order valence-corrected chi connectivity index (χ0v) is 22.8. The van der Waals surface area contributed by atoms with Crippen molar-refractivity contribution < 1.29 is 24.2 Å². The fourth-order valence-corrected chi connectivity index (χ4v) is 5.70. The van der Waals surface area contributed by atoms with Crippen LogP contribution in [-0.4, -0.2) is 72.5 Å². The molecule has 0 unspecified atom stereocenters. The van der Waals surface area contributed by atoms with Crippen LogP contribution in [0.5, 0.6) is 5.75 Å². The van der Waals surface area contributed by atoms with E-state index in [4.69, 9.17) is 4.74 Å². The van der Waals surface area contributed by atoms with Crippen LogP contribution in [0, 0.1) is 5.92 Å². The normalized spacial score (nSPS) is 16.7. The van der Waals surface area contributed by atoms with Crippen molar-refractivity contribution in [3.05, 3.63) is 95.1 Å². The lowest BCUT2D eigenvalue weighted by Crippen LogP contribution is -2.45. The van der Waals surface area contributed by atoms with Crippen molar-refractivity contribution in [1.82, 2.24) is 9.80 Å². The first-order valence-electron chi connectivity index (χ1n) is 13.8. The zero-order valence-electron chi connectivity index (χ0n) is 22.8. The fourth-order valence-electron chi connectivity index (χ4n) is 5.70.